The lowest BCUT2D eigenvalue weighted by atomic mass is 10.1. The van der Waals surface area contributed by atoms with Crippen LogP contribution in [0.5, 0.6) is 0 Å². The number of carboxylic acids is 1. The molecule has 1 N–H and O–H groups in total. The van der Waals surface area contributed by atoms with E-state index in [0.717, 1.165) is 24.0 Å². The molecule has 19 heavy (non-hydrogen) atoms. The average Bonchev–Trinajstić information content (AvgIpc) is 2.89. The van der Waals surface area contributed by atoms with Crippen LogP contribution in [-0.4, -0.2) is 20.9 Å². The highest BCUT2D eigenvalue weighted by molar-refractivity contribution is 5.72. The predicted molar refractivity (Wildman–Crippen MR) is 73.9 cm³/mol. The number of nitrogens with zero attached hydrogens (tertiary/aromatic N) is 2. The molecule has 0 aliphatic heterocycles. The van der Waals surface area contributed by atoms with Gasteiger partial charge in [0, 0.05) is 11.8 Å². The van der Waals surface area contributed by atoms with Gasteiger partial charge in [0.1, 0.15) is 6.04 Å². The Kier molecular flexibility index (Phi) is 4.34. The Bertz CT molecular complexity index is 534. The molecule has 1 unspecified atom stereocenters. The van der Waals surface area contributed by atoms with Crippen molar-refractivity contribution in [1.82, 2.24) is 9.78 Å². The maximum Gasteiger partial charge on any atom is 0.328 e. The van der Waals surface area contributed by atoms with Crippen LogP contribution in [0.15, 0.2) is 42.7 Å². The number of benzene rings is 1. The van der Waals surface area contributed by atoms with E-state index in [9.17, 15) is 9.90 Å². The highest BCUT2D eigenvalue weighted by Crippen LogP contribution is 2.21. The zero-order valence-electron chi connectivity index (χ0n) is 11.0. The van der Waals surface area contributed by atoms with E-state index >= 15 is 0 Å². The summed E-state index contributed by atoms with van der Waals surface area (Å²) in [5.74, 6) is -0.823. The second-order valence-electron chi connectivity index (χ2n) is 4.57. The summed E-state index contributed by atoms with van der Waals surface area (Å²) >= 11 is 0. The van der Waals surface area contributed by atoms with Gasteiger partial charge in [0.25, 0.3) is 0 Å². The van der Waals surface area contributed by atoms with Gasteiger partial charge in [-0.15, -0.1) is 0 Å². The highest BCUT2D eigenvalue weighted by Gasteiger charge is 2.19. The zero-order valence-corrected chi connectivity index (χ0v) is 11.0. The Morgan fingerprint density at radius 2 is 2.05 bits per heavy atom. The van der Waals surface area contributed by atoms with Gasteiger partial charge >= 0.3 is 5.97 Å². The molecule has 4 nitrogen and oxygen atoms in total. The number of unbranched alkanes of at least 4 members (excludes halogenated alkanes) is 1. The van der Waals surface area contributed by atoms with Crippen molar-refractivity contribution >= 4 is 5.97 Å². The average molecular weight is 258 g/mol. The molecule has 0 amide bonds. The summed E-state index contributed by atoms with van der Waals surface area (Å²) in [6, 6.07) is 9.27. The Labute approximate surface area is 112 Å². The Hall–Kier alpha value is -2.10. The van der Waals surface area contributed by atoms with E-state index in [1.807, 2.05) is 36.5 Å². The minimum Gasteiger partial charge on any atom is -0.480 e. The summed E-state index contributed by atoms with van der Waals surface area (Å²) in [7, 11) is 0. The van der Waals surface area contributed by atoms with E-state index in [-0.39, 0.29) is 0 Å². The Morgan fingerprint density at radius 3 is 2.68 bits per heavy atom. The molecule has 0 aliphatic rings. The molecule has 1 heterocycles. The minimum atomic E-state index is -0.823. The van der Waals surface area contributed by atoms with E-state index in [1.54, 1.807) is 10.9 Å². The van der Waals surface area contributed by atoms with Gasteiger partial charge in [-0.2, -0.15) is 5.10 Å². The Morgan fingerprint density at radius 1 is 1.32 bits per heavy atom. The van der Waals surface area contributed by atoms with Gasteiger partial charge in [-0.3, -0.25) is 4.68 Å². The quantitative estimate of drug-likeness (QED) is 0.864. The molecule has 0 fully saturated rings. The van der Waals surface area contributed by atoms with Crippen LogP contribution in [-0.2, 0) is 4.79 Å². The lowest BCUT2D eigenvalue weighted by Gasteiger charge is -2.11. The number of hydrogen-bond donors (Lipinski definition) is 1. The van der Waals surface area contributed by atoms with Crippen molar-refractivity contribution < 1.29 is 9.90 Å². The topological polar surface area (TPSA) is 55.1 Å². The molecule has 0 aliphatic carbocycles. The second kappa shape index (κ2) is 6.18. The largest absolute Gasteiger partial charge is 0.480 e. The normalized spacial score (nSPS) is 12.3. The third kappa shape index (κ3) is 3.22. The summed E-state index contributed by atoms with van der Waals surface area (Å²) in [5, 5.41) is 13.5. The fourth-order valence-electron chi connectivity index (χ4n) is 2.05. The first-order valence-corrected chi connectivity index (χ1v) is 6.54. The molecule has 0 radical (unpaired) electrons. The number of aliphatic carboxylic acids is 1. The fourth-order valence-corrected chi connectivity index (χ4v) is 2.05. The Balaban J connectivity index is 2.21. The maximum atomic E-state index is 11.3. The van der Waals surface area contributed by atoms with Crippen LogP contribution in [0, 0.1) is 0 Å². The summed E-state index contributed by atoms with van der Waals surface area (Å²) < 4.78 is 1.56. The molecule has 2 aromatic rings. The van der Waals surface area contributed by atoms with Gasteiger partial charge in [0.05, 0.1) is 6.20 Å². The third-order valence-corrected chi connectivity index (χ3v) is 3.14. The van der Waals surface area contributed by atoms with Crippen molar-refractivity contribution in [2.75, 3.05) is 0 Å². The van der Waals surface area contributed by atoms with Crippen molar-refractivity contribution in [1.29, 1.82) is 0 Å². The summed E-state index contributed by atoms with van der Waals surface area (Å²) in [6.07, 6.45) is 6.01. The summed E-state index contributed by atoms with van der Waals surface area (Å²) in [4.78, 5) is 11.3. The van der Waals surface area contributed by atoms with E-state index in [4.69, 9.17) is 0 Å². The van der Waals surface area contributed by atoms with Crippen LogP contribution in [0.3, 0.4) is 0 Å². The molecule has 1 aromatic carbocycles. The minimum absolute atomic E-state index is 0.572. The predicted octanol–water partition coefficient (Wildman–Crippen LogP) is 3.37. The van der Waals surface area contributed by atoms with Crippen molar-refractivity contribution in [3.05, 3.63) is 42.7 Å². The van der Waals surface area contributed by atoms with Crippen molar-refractivity contribution in [2.24, 2.45) is 0 Å². The molecular formula is C15H18N2O2. The fraction of sp³-hybridized carbons (Fsp3) is 0.333. The monoisotopic (exact) mass is 258 g/mol. The highest BCUT2D eigenvalue weighted by atomic mass is 16.4. The molecule has 1 atom stereocenters. The first-order valence-electron chi connectivity index (χ1n) is 6.54. The summed E-state index contributed by atoms with van der Waals surface area (Å²) in [6.45, 7) is 2.05. The molecule has 0 spiro atoms. The zero-order chi connectivity index (χ0) is 13.7. The second-order valence-corrected chi connectivity index (χ2v) is 4.57. The third-order valence-electron chi connectivity index (χ3n) is 3.14. The standard InChI is InChI=1S/C15H18N2O2/c1-2-3-9-14(15(18)19)17-11-13(10-16-17)12-7-5-4-6-8-12/h4-8,10-11,14H,2-3,9H2,1H3,(H,18,19). The van der Waals surface area contributed by atoms with E-state index in [2.05, 4.69) is 12.0 Å². The van der Waals surface area contributed by atoms with E-state index < -0.39 is 12.0 Å². The molecule has 1 aromatic heterocycles. The SMILES string of the molecule is CCCCC(C(=O)O)n1cc(-c2ccccc2)cn1. The van der Waals surface area contributed by atoms with Crippen LogP contribution in [0.2, 0.25) is 0 Å². The molecule has 0 saturated carbocycles. The number of rotatable bonds is 6. The lowest BCUT2D eigenvalue weighted by Crippen LogP contribution is -2.19. The molecule has 100 valence electrons. The van der Waals surface area contributed by atoms with E-state index in [0.29, 0.717) is 6.42 Å². The number of aromatic nitrogens is 2. The molecular weight excluding hydrogens is 240 g/mol. The van der Waals surface area contributed by atoms with Gasteiger partial charge in [-0.1, -0.05) is 50.1 Å². The molecule has 2 rings (SSSR count). The van der Waals surface area contributed by atoms with Crippen molar-refractivity contribution in [2.45, 2.75) is 32.2 Å². The maximum absolute atomic E-state index is 11.3. The first kappa shape index (κ1) is 13.3. The number of carboxylic acid groups (broad SMARTS) is 1. The summed E-state index contributed by atoms with van der Waals surface area (Å²) in [5.41, 5.74) is 2.00. The van der Waals surface area contributed by atoms with Gasteiger partial charge in [-0.25, -0.2) is 4.79 Å². The van der Waals surface area contributed by atoms with Crippen LogP contribution >= 0.6 is 0 Å². The molecule has 0 bridgehead atoms. The van der Waals surface area contributed by atoms with Crippen LogP contribution in [0.1, 0.15) is 32.2 Å². The lowest BCUT2D eigenvalue weighted by molar-refractivity contribution is -0.141. The van der Waals surface area contributed by atoms with E-state index in [1.165, 1.54) is 0 Å². The van der Waals surface area contributed by atoms with Gasteiger partial charge < -0.3 is 5.11 Å². The molecule has 4 heteroatoms. The van der Waals surface area contributed by atoms with Crippen LogP contribution in [0.4, 0.5) is 0 Å². The van der Waals surface area contributed by atoms with Crippen LogP contribution < -0.4 is 0 Å². The smallest absolute Gasteiger partial charge is 0.328 e. The number of carbonyl (C=O) groups is 1. The molecule has 0 saturated heterocycles. The number of hydrogen-bond acceptors (Lipinski definition) is 2. The van der Waals surface area contributed by atoms with Crippen LogP contribution in [0.25, 0.3) is 11.1 Å². The van der Waals surface area contributed by atoms with Gasteiger partial charge in [0.2, 0.25) is 0 Å². The van der Waals surface area contributed by atoms with Crippen molar-refractivity contribution in [3.63, 3.8) is 0 Å². The van der Waals surface area contributed by atoms with Crippen molar-refractivity contribution in [3.8, 4) is 11.1 Å². The first-order chi connectivity index (χ1) is 9.22. The van der Waals surface area contributed by atoms with Gasteiger partial charge in [0.15, 0.2) is 0 Å². The van der Waals surface area contributed by atoms with Gasteiger partial charge in [-0.05, 0) is 12.0 Å².